The number of hydrogen-bond acceptors (Lipinski definition) is 2. The molecular formula is C11H11Cl3N2O. The number of carbonyl (C=O) groups is 1. The fraction of sp³-hybridized carbons (Fsp3) is 0.455. The number of aromatic nitrogens is 1. The largest absolute Gasteiger partial charge is 0.295 e. The minimum atomic E-state index is 0.00627. The monoisotopic (exact) mass is 292 g/mol. The van der Waals surface area contributed by atoms with E-state index in [0.29, 0.717) is 34.7 Å². The summed E-state index contributed by atoms with van der Waals surface area (Å²) in [7, 11) is 0. The first-order valence-electron chi connectivity index (χ1n) is 5.21. The maximum Gasteiger partial charge on any atom is 0.228 e. The van der Waals surface area contributed by atoms with Crippen LogP contribution in [-0.4, -0.2) is 23.3 Å². The molecule has 3 nitrogen and oxygen atoms in total. The molecule has 1 aromatic rings. The van der Waals surface area contributed by atoms with Crippen LogP contribution in [0.5, 0.6) is 0 Å². The van der Waals surface area contributed by atoms with E-state index in [1.54, 1.807) is 11.8 Å². The van der Waals surface area contributed by atoms with E-state index in [1.807, 2.05) is 0 Å². The Morgan fingerprint density at radius 2 is 2.24 bits per heavy atom. The number of alkyl halides is 1. The number of anilines is 1. The van der Waals surface area contributed by atoms with Gasteiger partial charge in [0.05, 0.1) is 10.0 Å². The maximum absolute atomic E-state index is 11.8. The van der Waals surface area contributed by atoms with E-state index < -0.39 is 0 Å². The summed E-state index contributed by atoms with van der Waals surface area (Å²) in [5.74, 6) is 1.11. The molecule has 1 aromatic heterocycles. The molecule has 0 bridgehead atoms. The van der Waals surface area contributed by atoms with Gasteiger partial charge in [0.2, 0.25) is 5.91 Å². The molecule has 1 aliphatic heterocycles. The van der Waals surface area contributed by atoms with Crippen molar-refractivity contribution in [1.29, 1.82) is 0 Å². The van der Waals surface area contributed by atoms with Gasteiger partial charge in [-0.1, -0.05) is 23.2 Å². The standard InChI is InChI=1S/C11H11Cl3N2O/c1-6-8(13)4-15-11(10(6)14)16-5-7(3-12)2-9(16)17/h4,7H,2-3,5H2,1H3. The Morgan fingerprint density at radius 1 is 1.53 bits per heavy atom. The van der Waals surface area contributed by atoms with Crippen molar-refractivity contribution in [2.45, 2.75) is 13.3 Å². The van der Waals surface area contributed by atoms with Gasteiger partial charge in [-0.25, -0.2) is 4.98 Å². The fourth-order valence-electron chi connectivity index (χ4n) is 1.82. The van der Waals surface area contributed by atoms with E-state index in [-0.39, 0.29) is 11.8 Å². The molecule has 0 radical (unpaired) electrons. The first kappa shape index (κ1) is 12.9. The molecule has 1 unspecified atom stereocenters. The maximum atomic E-state index is 11.8. The Hall–Kier alpha value is -0.510. The molecule has 0 spiro atoms. The molecule has 0 aromatic carbocycles. The van der Waals surface area contributed by atoms with Crippen molar-refractivity contribution in [2.24, 2.45) is 5.92 Å². The van der Waals surface area contributed by atoms with Gasteiger partial charge in [-0.15, -0.1) is 11.6 Å². The van der Waals surface area contributed by atoms with Gasteiger partial charge in [-0.2, -0.15) is 0 Å². The van der Waals surface area contributed by atoms with Crippen molar-refractivity contribution < 1.29 is 4.79 Å². The van der Waals surface area contributed by atoms with Gasteiger partial charge in [-0.05, 0) is 18.4 Å². The highest BCUT2D eigenvalue weighted by atomic mass is 35.5. The lowest BCUT2D eigenvalue weighted by atomic mass is 10.1. The van der Waals surface area contributed by atoms with E-state index in [9.17, 15) is 4.79 Å². The predicted octanol–water partition coefficient (Wildman–Crippen LogP) is 3.29. The molecule has 1 saturated heterocycles. The summed E-state index contributed by atoms with van der Waals surface area (Å²) in [6.45, 7) is 2.37. The van der Waals surface area contributed by atoms with Crippen LogP contribution in [0.25, 0.3) is 0 Å². The van der Waals surface area contributed by atoms with Crippen molar-refractivity contribution in [1.82, 2.24) is 4.98 Å². The second kappa shape index (κ2) is 5.01. The molecule has 6 heteroatoms. The SMILES string of the molecule is Cc1c(Cl)cnc(N2CC(CCl)CC2=O)c1Cl. The topological polar surface area (TPSA) is 33.2 Å². The minimum Gasteiger partial charge on any atom is -0.295 e. The number of carbonyl (C=O) groups excluding carboxylic acids is 1. The normalized spacial score (nSPS) is 20.1. The summed E-state index contributed by atoms with van der Waals surface area (Å²) in [6, 6.07) is 0. The van der Waals surface area contributed by atoms with E-state index in [4.69, 9.17) is 34.8 Å². The van der Waals surface area contributed by atoms with Crippen LogP contribution in [0, 0.1) is 12.8 Å². The van der Waals surface area contributed by atoms with E-state index in [2.05, 4.69) is 4.98 Å². The van der Waals surface area contributed by atoms with Gasteiger partial charge in [-0.3, -0.25) is 9.69 Å². The molecular weight excluding hydrogens is 282 g/mol. The van der Waals surface area contributed by atoms with Crippen molar-refractivity contribution in [3.05, 3.63) is 21.8 Å². The highest BCUT2D eigenvalue weighted by Gasteiger charge is 2.32. The van der Waals surface area contributed by atoms with E-state index in [1.165, 1.54) is 6.20 Å². The van der Waals surface area contributed by atoms with Crippen molar-refractivity contribution in [3.8, 4) is 0 Å². The number of hydrogen-bond donors (Lipinski definition) is 0. The molecule has 1 amide bonds. The second-order valence-corrected chi connectivity index (χ2v) is 5.19. The molecule has 0 N–H and O–H groups in total. The third-order valence-corrected chi connectivity index (χ3v) is 4.13. The van der Waals surface area contributed by atoms with Crippen LogP contribution in [-0.2, 0) is 4.79 Å². The van der Waals surface area contributed by atoms with Crippen LogP contribution < -0.4 is 4.90 Å². The molecule has 92 valence electrons. The average molecular weight is 294 g/mol. The summed E-state index contributed by atoms with van der Waals surface area (Å²) in [4.78, 5) is 17.5. The predicted molar refractivity (Wildman–Crippen MR) is 70.2 cm³/mol. The quantitative estimate of drug-likeness (QED) is 0.784. The van der Waals surface area contributed by atoms with Gasteiger partial charge in [0, 0.05) is 25.0 Å². The zero-order chi connectivity index (χ0) is 12.6. The molecule has 2 heterocycles. The number of halogens is 3. The molecule has 17 heavy (non-hydrogen) atoms. The first-order valence-corrected chi connectivity index (χ1v) is 6.50. The summed E-state index contributed by atoms with van der Waals surface area (Å²) < 4.78 is 0. The lowest BCUT2D eigenvalue weighted by molar-refractivity contribution is -0.117. The van der Waals surface area contributed by atoms with Gasteiger partial charge < -0.3 is 0 Å². The zero-order valence-corrected chi connectivity index (χ0v) is 11.5. The van der Waals surface area contributed by atoms with E-state index >= 15 is 0 Å². The second-order valence-electron chi connectivity index (χ2n) is 4.10. The van der Waals surface area contributed by atoms with Crippen LogP contribution >= 0.6 is 34.8 Å². The minimum absolute atomic E-state index is 0.00627. The third-order valence-electron chi connectivity index (χ3n) is 2.86. The molecule has 1 aliphatic rings. The summed E-state index contributed by atoms with van der Waals surface area (Å²) >= 11 is 17.8. The Kier molecular flexibility index (Phi) is 3.81. The summed E-state index contributed by atoms with van der Waals surface area (Å²) in [5, 5.41) is 0.931. The summed E-state index contributed by atoms with van der Waals surface area (Å²) in [6.07, 6.45) is 1.96. The number of nitrogens with zero attached hydrogens (tertiary/aromatic N) is 2. The molecule has 0 aliphatic carbocycles. The van der Waals surface area contributed by atoms with Crippen molar-refractivity contribution >= 4 is 46.5 Å². The third kappa shape index (κ3) is 2.37. The highest BCUT2D eigenvalue weighted by Crippen LogP contribution is 2.34. The lowest BCUT2D eigenvalue weighted by Crippen LogP contribution is -2.26. The summed E-state index contributed by atoms with van der Waals surface area (Å²) in [5.41, 5.74) is 0.737. The van der Waals surface area contributed by atoms with Crippen LogP contribution in [0.3, 0.4) is 0 Å². The molecule has 2 rings (SSSR count). The Balaban J connectivity index is 2.35. The average Bonchev–Trinajstić information content (AvgIpc) is 2.68. The Morgan fingerprint density at radius 3 is 2.82 bits per heavy atom. The fourth-order valence-corrected chi connectivity index (χ4v) is 2.47. The van der Waals surface area contributed by atoms with Crippen LogP contribution in [0.2, 0.25) is 10.0 Å². The first-order chi connectivity index (χ1) is 8.04. The Labute approximate surface area is 115 Å². The van der Waals surface area contributed by atoms with Crippen molar-refractivity contribution in [3.63, 3.8) is 0 Å². The van der Waals surface area contributed by atoms with Crippen molar-refractivity contribution in [2.75, 3.05) is 17.3 Å². The molecule has 1 atom stereocenters. The number of pyridine rings is 1. The lowest BCUT2D eigenvalue weighted by Gasteiger charge is -2.18. The smallest absolute Gasteiger partial charge is 0.228 e. The number of amides is 1. The number of rotatable bonds is 2. The molecule has 1 fully saturated rings. The van der Waals surface area contributed by atoms with Crippen LogP contribution in [0.1, 0.15) is 12.0 Å². The van der Waals surface area contributed by atoms with Gasteiger partial charge in [0.15, 0.2) is 5.82 Å². The van der Waals surface area contributed by atoms with Crippen LogP contribution in [0.15, 0.2) is 6.20 Å². The van der Waals surface area contributed by atoms with Crippen LogP contribution in [0.4, 0.5) is 5.82 Å². The van der Waals surface area contributed by atoms with Gasteiger partial charge in [0.25, 0.3) is 0 Å². The van der Waals surface area contributed by atoms with Gasteiger partial charge in [0.1, 0.15) is 0 Å². The molecule has 0 saturated carbocycles. The zero-order valence-electron chi connectivity index (χ0n) is 9.21. The Bertz CT molecular complexity index is 464. The van der Waals surface area contributed by atoms with E-state index in [0.717, 1.165) is 5.56 Å². The van der Waals surface area contributed by atoms with Gasteiger partial charge >= 0.3 is 0 Å². The highest BCUT2D eigenvalue weighted by molar-refractivity contribution is 6.37.